The fraction of sp³-hybridized carbons (Fsp3) is 0.429. The summed E-state index contributed by atoms with van der Waals surface area (Å²) >= 11 is 4.55. The van der Waals surface area contributed by atoms with Crippen LogP contribution in [0.1, 0.15) is 44.7 Å². The number of benzene rings is 1. The number of rotatable bonds is 6. The Morgan fingerprint density at radius 3 is 2.63 bits per heavy atom. The first-order valence-electron chi connectivity index (χ1n) is 9.16. The Morgan fingerprint density at radius 1 is 1.30 bits per heavy atom. The first-order valence-corrected chi connectivity index (χ1v) is 9.61. The maximum absolute atomic E-state index is 14.5. The third-order valence-corrected chi connectivity index (χ3v) is 5.39. The number of esters is 1. The largest absolute Gasteiger partial charge is 0.432 e. The molecule has 1 aliphatic carbocycles. The summed E-state index contributed by atoms with van der Waals surface area (Å²) in [6.45, 7) is 4.14. The summed E-state index contributed by atoms with van der Waals surface area (Å²) in [5.74, 6) is -0.154. The first kappa shape index (κ1) is 19.8. The quantitative estimate of drug-likeness (QED) is 0.450. The van der Waals surface area contributed by atoms with Gasteiger partial charge in [-0.3, -0.25) is 14.5 Å². The molecule has 0 radical (unpaired) electrons. The molecule has 1 unspecified atom stereocenters. The number of thiol groups is 1. The van der Waals surface area contributed by atoms with E-state index in [0.29, 0.717) is 30.8 Å². The third-order valence-electron chi connectivity index (χ3n) is 4.88. The van der Waals surface area contributed by atoms with Gasteiger partial charge in [0.15, 0.2) is 5.78 Å². The molecular weight excluding hydrogens is 365 g/mol. The third kappa shape index (κ3) is 4.87. The van der Waals surface area contributed by atoms with E-state index >= 15 is 0 Å². The van der Waals surface area contributed by atoms with Gasteiger partial charge >= 0.3 is 5.97 Å². The van der Waals surface area contributed by atoms with E-state index in [1.165, 1.54) is 13.0 Å². The van der Waals surface area contributed by atoms with Crippen molar-refractivity contribution in [3.8, 4) is 0 Å². The zero-order valence-corrected chi connectivity index (χ0v) is 16.5. The van der Waals surface area contributed by atoms with Crippen molar-refractivity contribution in [2.24, 2.45) is 5.92 Å². The number of Topliss-reactive ketones (excluding diaryl/α,β-unsaturated/α-hetero) is 1. The summed E-state index contributed by atoms with van der Waals surface area (Å²) in [4.78, 5) is 27.0. The van der Waals surface area contributed by atoms with Crippen LogP contribution < -0.4 is 0 Å². The SMILES string of the molecule is CC(=O)O/C(C)=C/C1=C(S)CCN(C(C(=O)C2CC2)c2ccccc2F)C1. The lowest BCUT2D eigenvalue weighted by Gasteiger charge is -2.35. The van der Waals surface area contributed by atoms with Crippen LogP contribution >= 0.6 is 12.6 Å². The minimum atomic E-state index is -0.599. The Balaban J connectivity index is 1.89. The second kappa shape index (κ2) is 8.40. The van der Waals surface area contributed by atoms with Crippen LogP contribution in [0.15, 0.2) is 46.6 Å². The van der Waals surface area contributed by atoms with E-state index < -0.39 is 6.04 Å². The van der Waals surface area contributed by atoms with Crippen LogP contribution in [0.4, 0.5) is 4.39 Å². The Morgan fingerprint density at radius 2 is 2.00 bits per heavy atom. The van der Waals surface area contributed by atoms with Gasteiger partial charge in [0, 0.05) is 31.5 Å². The summed E-state index contributed by atoms with van der Waals surface area (Å²) in [7, 11) is 0. The van der Waals surface area contributed by atoms with Crippen molar-refractivity contribution < 1.29 is 18.7 Å². The van der Waals surface area contributed by atoms with E-state index in [4.69, 9.17) is 4.74 Å². The molecule has 3 rings (SSSR count). The fourth-order valence-electron chi connectivity index (χ4n) is 3.47. The number of ether oxygens (including phenoxy) is 1. The van der Waals surface area contributed by atoms with Crippen molar-refractivity contribution in [3.05, 3.63) is 58.0 Å². The smallest absolute Gasteiger partial charge is 0.307 e. The maximum Gasteiger partial charge on any atom is 0.307 e. The summed E-state index contributed by atoms with van der Waals surface area (Å²) in [6, 6.07) is 5.90. The highest BCUT2D eigenvalue weighted by molar-refractivity contribution is 7.84. The van der Waals surface area contributed by atoms with Gasteiger partial charge < -0.3 is 4.74 Å². The number of halogens is 1. The van der Waals surface area contributed by atoms with Crippen LogP contribution in [0.2, 0.25) is 0 Å². The van der Waals surface area contributed by atoms with Crippen molar-refractivity contribution in [3.63, 3.8) is 0 Å². The number of hydrogen-bond donors (Lipinski definition) is 1. The number of carbonyl (C=O) groups excluding carboxylic acids is 2. The van der Waals surface area contributed by atoms with E-state index in [1.807, 2.05) is 4.90 Å². The van der Waals surface area contributed by atoms with Gasteiger partial charge in [-0.15, -0.1) is 12.6 Å². The molecule has 4 nitrogen and oxygen atoms in total. The predicted octanol–water partition coefficient (Wildman–Crippen LogP) is 4.20. The Kier molecular flexibility index (Phi) is 6.17. The van der Waals surface area contributed by atoms with Crippen molar-refractivity contribution in [1.29, 1.82) is 0 Å². The maximum atomic E-state index is 14.5. The first-order chi connectivity index (χ1) is 12.9. The van der Waals surface area contributed by atoms with Gasteiger partial charge in [0.05, 0.1) is 6.04 Å². The van der Waals surface area contributed by atoms with Crippen molar-refractivity contribution in [2.45, 2.75) is 39.2 Å². The lowest BCUT2D eigenvalue weighted by Crippen LogP contribution is -2.39. The molecule has 144 valence electrons. The van der Waals surface area contributed by atoms with E-state index in [9.17, 15) is 14.0 Å². The highest BCUT2D eigenvalue weighted by Crippen LogP contribution is 2.39. The zero-order chi connectivity index (χ0) is 19.6. The van der Waals surface area contributed by atoms with Crippen LogP contribution in [0.3, 0.4) is 0 Å². The summed E-state index contributed by atoms with van der Waals surface area (Å²) in [5.41, 5.74) is 1.31. The highest BCUT2D eigenvalue weighted by atomic mass is 32.1. The second-order valence-corrected chi connectivity index (χ2v) is 7.68. The lowest BCUT2D eigenvalue weighted by atomic mass is 9.95. The average molecular weight is 389 g/mol. The molecule has 0 bridgehead atoms. The molecule has 6 heteroatoms. The van der Waals surface area contributed by atoms with Crippen LogP contribution in [0.25, 0.3) is 0 Å². The molecule has 0 aromatic heterocycles. The van der Waals surface area contributed by atoms with Crippen LogP contribution in [-0.2, 0) is 14.3 Å². The normalized spacial score (nSPS) is 19.8. The van der Waals surface area contributed by atoms with Crippen LogP contribution in [-0.4, -0.2) is 29.7 Å². The molecule has 27 heavy (non-hydrogen) atoms. The fourth-order valence-corrected chi connectivity index (χ4v) is 3.70. The minimum Gasteiger partial charge on any atom is -0.432 e. The molecule has 1 atom stereocenters. The number of carbonyl (C=O) groups is 2. The number of nitrogens with zero attached hydrogens (tertiary/aromatic N) is 1. The molecule has 1 aromatic carbocycles. The number of allylic oxidation sites excluding steroid dienone is 1. The summed E-state index contributed by atoms with van der Waals surface area (Å²) in [5, 5.41) is 0. The molecule has 1 aliphatic heterocycles. The standard InChI is InChI=1S/C21H24FNO3S/c1-13(26-14(2)24)11-16-12-23(10-9-19(16)27)20(21(25)15-7-8-15)17-5-3-4-6-18(17)22/h3-6,11,15,20,27H,7-10,12H2,1-2H3/b13-11+. The summed E-state index contributed by atoms with van der Waals surface area (Å²) in [6.07, 6.45) is 4.19. The van der Waals surface area contributed by atoms with Gasteiger partial charge in [-0.1, -0.05) is 18.2 Å². The van der Waals surface area contributed by atoms with Crippen LogP contribution in [0, 0.1) is 11.7 Å². The van der Waals surface area contributed by atoms with Gasteiger partial charge in [0.25, 0.3) is 0 Å². The van der Waals surface area contributed by atoms with Crippen molar-refractivity contribution in [1.82, 2.24) is 4.90 Å². The van der Waals surface area contributed by atoms with Crippen molar-refractivity contribution in [2.75, 3.05) is 13.1 Å². The van der Waals surface area contributed by atoms with E-state index in [2.05, 4.69) is 12.6 Å². The van der Waals surface area contributed by atoms with Gasteiger partial charge in [-0.05, 0) is 48.8 Å². The van der Waals surface area contributed by atoms with Gasteiger partial charge in [0.1, 0.15) is 11.6 Å². The molecule has 0 amide bonds. The number of ketones is 1. The van der Waals surface area contributed by atoms with Crippen LogP contribution in [0.5, 0.6) is 0 Å². The molecular formula is C21H24FNO3S. The highest BCUT2D eigenvalue weighted by Gasteiger charge is 2.40. The number of hydrogen-bond acceptors (Lipinski definition) is 5. The molecule has 2 aliphatic rings. The topological polar surface area (TPSA) is 46.6 Å². The zero-order valence-electron chi connectivity index (χ0n) is 15.6. The molecule has 1 heterocycles. The molecule has 1 saturated carbocycles. The minimum absolute atomic E-state index is 0.0257. The van der Waals surface area contributed by atoms with Gasteiger partial charge in [-0.2, -0.15) is 0 Å². The van der Waals surface area contributed by atoms with Gasteiger partial charge in [0.2, 0.25) is 0 Å². The molecule has 0 saturated heterocycles. The van der Waals surface area contributed by atoms with E-state index in [-0.39, 0.29) is 23.5 Å². The Bertz CT molecular complexity index is 813. The Labute approximate surface area is 164 Å². The Hall–Kier alpha value is -1.92. The average Bonchev–Trinajstić information content (AvgIpc) is 3.43. The van der Waals surface area contributed by atoms with Crippen molar-refractivity contribution >= 4 is 24.4 Å². The molecule has 1 fully saturated rings. The van der Waals surface area contributed by atoms with Gasteiger partial charge in [-0.25, -0.2) is 4.39 Å². The molecule has 0 spiro atoms. The van der Waals surface area contributed by atoms with E-state index in [1.54, 1.807) is 31.2 Å². The predicted molar refractivity (Wildman–Crippen MR) is 105 cm³/mol. The summed E-state index contributed by atoms with van der Waals surface area (Å²) < 4.78 is 19.6. The molecule has 0 N–H and O–H groups in total. The van der Waals surface area contributed by atoms with E-state index in [0.717, 1.165) is 23.3 Å². The monoisotopic (exact) mass is 389 g/mol. The lowest BCUT2D eigenvalue weighted by molar-refractivity contribution is -0.136. The second-order valence-electron chi connectivity index (χ2n) is 7.14. The molecule has 1 aromatic rings.